The Kier molecular flexibility index (Phi) is 1.66. The Balaban J connectivity index is 1.98. The maximum Gasteiger partial charge on any atom is 0.244 e. The van der Waals surface area contributed by atoms with Crippen molar-refractivity contribution in [3.8, 4) is 0 Å². The van der Waals surface area contributed by atoms with E-state index in [9.17, 15) is 9.59 Å². The third-order valence-electron chi connectivity index (χ3n) is 3.58. The van der Waals surface area contributed by atoms with Crippen LogP contribution in [0.25, 0.3) is 0 Å². The third-order valence-corrected chi connectivity index (χ3v) is 3.58. The number of carbonyl (C=O) groups is 2. The van der Waals surface area contributed by atoms with Gasteiger partial charge in [0.2, 0.25) is 17.8 Å². The van der Waals surface area contributed by atoms with Crippen molar-refractivity contribution in [3.05, 3.63) is 0 Å². The molecule has 15 heavy (non-hydrogen) atoms. The van der Waals surface area contributed by atoms with E-state index in [2.05, 4.69) is 10.3 Å². The largest absolute Gasteiger partial charge is 0.295 e. The van der Waals surface area contributed by atoms with Crippen molar-refractivity contribution in [1.29, 1.82) is 0 Å². The van der Waals surface area contributed by atoms with E-state index in [-0.39, 0.29) is 11.8 Å². The number of nitrogens with zero attached hydrogens (tertiary/aromatic N) is 2. The molecule has 1 spiro atoms. The molecule has 5 nitrogen and oxygen atoms in total. The lowest BCUT2D eigenvalue weighted by Crippen LogP contribution is -2.67. The predicted octanol–water partition coefficient (Wildman–Crippen LogP) is -0.125. The van der Waals surface area contributed by atoms with Gasteiger partial charge in [0.1, 0.15) is 5.41 Å². The van der Waals surface area contributed by atoms with E-state index in [4.69, 9.17) is 0 Å². The number of hydrogen-bond donors (Lipinski definition) is 1. The molecule has 2 aliphatic heterocycles. The second-order valence-corrected chi connectivity index (χ2v) is 4.41. The number of hydrogen-bond acceptors (Lipinski definition) is 3. The van der Waals surface area contributed by atoms with Gasteiger partial charge in [-0.05, 0) is 19.3 Å². The van der Waals surface area contributed by atoms with Gasteiger partial charge in [0.25, 0.3) is 0 Å². The zero-order valence-corrected chi connectivity index (χ0v) is 8.45. The molecule has 0 aromatic rings. The third kappa shape index (κ3) is 1.00. The van der Waals surface area contributed by atoms with E-state index in [1.165, 1.54) is 0 Å². The van der Waals surface area contributed by atoms with Crippen LogP contribution in [0, 0.1) is 5.41 Å². The number of fused-ring (bicyclic) bond motifs is 1. The highest BCUT2D eigenvalue weighted by molar-refractivity contribution is 6.20. The summed E-state index contributed by atoms with van der Waals surface area (Å²) in [6.07, 6.45) is 3.25. The Morgan fingerprint density at radius 2 is 2.07 bits per heavy atom. The fourth-order valence-electron chi connectivity index (χ4n) is 2.46. The van der Waals surface area contributed by atoms with Gasteiger partial charge in [0, 0.05) is 13.1 Å². The van der Waals surface area contributed by atoms with Crippen molar-refractivity contribution in [2.45, 2.75) is 25.7 Å². The van der Waals surface area contributed by atoms with Gasteiger partial charge >= 0.3 is 0 Å². The van der Waals surface area contributed by atoms with E-state index < -0.39 is 5.41 Å². The minimum atomic E-state index is -0.740. The summed E-state index contributed by atoms with van der Waals surface area (Å²) in [5.74, 6) is 0.292. The van der Waals surface area contributed by atoms with Crippen molar-refractivity contribution in [2.75, 3.05) is 13.1 Å². The lowest BCUT2D eigenvalue weighted by atomic mass is 9.66. The molecule has 5 heteroatoms. The summed E-state index contributed by atoms with van der Waals surface area (Å²) >= 11 is 0. The molecule has 2 heterocycles. The summed E-state index contributed by atoms with van der Waals surface area (Å²) in [6.45, 7) is 1.39. The monoisotopic (exact) mass is 207 g/mol. The first-order valence-corrected chi connectivity index (χ1v) is 5.42. The van der Waals surface area contributed by atoms with Crippen molar-refractivity contribution < 1.29 is 9.59 Å². The van der Waals surface area contributed by atoms with Gasteiger partial charge in [-0.1, -0.05) is 6.42 Å². The van der Waals surface area contributed by atoms with Crippen LogP contribution in [-0.4, -0.2) is 35.8 Å². The Bertz CT molecular complexity index is 371. The molecule has 1 N–H and O–H groups in total. The second-order valence-electron chi connectivity index (χ2n) is 4.41. The molecule has 3 rings (SSSR count). The fraction of sp³-hybridized carbons (Fsp3) is 0.700. The van der Waals surface area contributed by atoms with E-state index in [0.717, 1.165) is 12.8 Å². The molecule has 1 saturated carbocycles. The van der Waals surface area contributed by atoms with Crippen LogP contribution in [0.4, 0.5) is 0 Å². The average molecular weight is 207 g/mol. The molecule has 0 atom stereocenters. The van der Waals surface area contributed by atoms with Crippen molar-refractivity contribution in [3.63, 3.8) is 0 Å². The smallest absolute Gasteiger partial charge is 0.244 e. The molecular weight excluding hydrogens is 194 g/mol. The molecule has 0 aromatic heterocycles. The molecule has 0 unspecified atom stereocenters. The van der Waals surface area contributed by atoms with Gasteiger partial charge in [-0.3, -0.25) is 24.8 Å². The molecular formula is C10H13N3O2. The maximum absolute atomic E-state index is 12.2. The van der Waals surface area contributed by atoms with Crippen LogP contribution < -0.4 is 5.32 Å². The summed E-state index contributed by atoms with van der Waals surface area (Å²) in [5, 5.41) is 2.76. The van der Waals surface area contributed by atoms with E-state index in [1.54, 1.807) is 4.90 Å². The van der Waals surface area contributed by atoms with E-state index in [1.807, 2.05) is 0 Å². The Morgan fingerprint density at radius 1 is 1.27 bits per heavy atom. The standard InChI is InChI=1S/C10H13N3O2/c14-7-10(3-1-4-10)8(15)13-6-2-5-11-9(13)12-7/h1-6H2,(H,11,12,14). The first kappa shape index (κ1) is 8.88. The van der Waals surface area contributed by atoms with Crippen LogP contribution in [0.1, 0.15) is 25.7 Å². The van der Waals surface area contributed by atoms with E-state index >= 15 is 0 Å². The Morgan fingerprint density at radius 3 is 2.73 bits per heavy atom. The highest BCUT2D eigenvalue weighted by atomic mass is 16.2. The van der Waals surface area contributed by atoms with Crippen molar-refractivity contribution >= 4 is 17.8 Å². The van der Waals surface area contributed by atoms with Crippen molar-refractivity contribution in [1.82, 2.24) is 10.2 Å². The molecule has 3 aliphatic rings. The van der Waals surface area contributed by atoms with Crippen LogP contribution in [0.2, 0.25) is 0 Å². The molecule has 2 fully saturated rings. The van der Waals surface area contributed by atoms with Crippen LogP contribution in [0.15, 0.2) is 4.99 Å². The summed E-state index contributed by atoms with van der Waals surface area (Å²) in [7, 11) is 0. The van der Waals surface area contributed by atoms with Gasteiger partial charge in [0.05, 0.1) is 0 Å². The number of carbonyl (C=O) groups excluding carboxylic acids is 2. The van der Waals surface area contributed by atoms with Crippen LogP contribution in [-0.2, 0) is 9.59 Å². The Labute approximate surface area is 87.5 Å². The van der Waals surface area contributed by atoms with Crippen molar-refractivity contribution in [2.24, 2.45) is 10.4 Å². The lowest BCUT2D eigenvalue weighted by molar-refractivity contribution is -0.156. The quantitative estimate of drug-likeness (QED) is 0.563. The first-order chi connectivity index (χ1) is 7.24. The van der Waals surface area contributed by atoms with Crippen LogP contribution in [0.5, 0.6) is 0 Å². The lowest BCUT2D eigenvalue weighted by Gasteiger charge is -2.46. The molecule has 0 aromatic carbocycles. The number of aliphatic imine (C=N–C) groups is 1. The first-order valence-electron chi connectivity index (χ1n) is 5.42. The molecule has 0 radical (unpaired) electrons. The van der Waals surface area contributed by atoms with Gasteiger partial charge < -0.3 is 0 Å². The minimum absolute atomic E-state index is 0.0315. The van der Waals surface area contributed by atoms with Gasteiger partial charge in [-0.25, -0.2) is 0 Å². The molecule has 1 aliphatic carbocycles. The highest BCUT2D eigenvalue weighted by Crippen LogP contribution is 2.44. The predicted molar refractivity (Wildman–Crippen MR) is 53.1 cm³/mol. The Hall–Kier alpha value is -1.39. The summed E-state index contributed by atoms with van der Waals surface area (Å²) < 4.78 is 0. The fourth-order valence-corrected chi connectivity index (χ4v) is 2.46. The minimum Gasteiger partial charge on any atom is -0.295 e. The number of amides is 2. The van der Waals surface area contributed by atoms with Crippen LogP contribution >= 0.6 is 0 Å². The van der Waals surface area contributed by atoms with Crippen LogP contribution in [0.3, 0.4) is 0 Å². The second kappa shape index (κ2) is 2.81. The maximum atomic E-state index is 12.2. The number of guanidine groups is 1. The van der Waals surface area contributed by atoms with Gasteiger partial charge in [-0.2, -0.15) is 0 Å². The summed E-state index contributed by atoms with van der Waals surface area (Å²) in [5.41, 5.74) is -0.740. The van der Waals surface area contributed by atoms with E-state index in [0.29, 0.717) is 31.9 Å². The zero-order chi connectivity index (χ0) is 10.5. The van der Waals surface area contributed by atoms with Gasteiger partial charge in [0.15, 0.2) is 0 Å². The summed E-state index contributed by atoms with van der Waals surface area (Å²) in [4.78, 5) is 29.8. The number of nitrogens with one attached hydrogen (secondary N) is 1. The SMILES string of the molecule is O=C1NC2=NCCCN2C(=O)C12CCC2. The number of rotatable bonds is 0. The summed E-state index contributed by atoms with van der Waals surface area (Å²) in [6, 6.07) is 0. The average Bonchev–Trinajstić information content (AvgIpc) is 2.15. The molecule has 2 amide bonds. The van der Waals surface area contributed by atoms with Gasteiger partial charge in [-0.15, -0.1) is 0 Å². The molecule has 80 valence electrons. The zero-order valence-electron chi connectivity index (χ0n) is 8.45. The normalized spacial score (nSPS) is 28.0. The topological polar surface area (TPSA) is 61.8 Å². The highest BCUT2D eigenvalue weighted by Gasteiger charge is 2.56. The molecule has 1 saturated heterocycles. The molecule has 0 bridgehead atoms.